The smallest absolute Gasteiger partial charge is 0.331 e. The number of piperidine rings is 1. The van der Waals surface area contributed by atoms with E-state index < -0.39 is 52.8 Å². The number of benzene rings is 2. The zero-order valence-electron chi connectivity index (χ0n) is 27.1. The number of primary amides is 1. The summed E-state index contributed by atoms with van der Waals surface area (Å²) < 4.78 is 10.6. The van der Waals surface area contributed by atoms with E-state index in [-0.39, 0.29) is 18.7 Å². The van der Waals surface area contributed by atoms with E-state index in [4.69, 9.17) is 15.2 Å². The minimum Gasteiger partial charge on any atom is -0.467 e. The zero-order valence-corrected chi connectivity index (χ0v) is 27.1. The van der Waals surface area contributed by atoms with Gasteiger partial charge in [-0.1, -0.05) is 42.5 Å². The van der Waals surface area contributed by atoms with Crippen molar-refractivity contribution in [2.45, 2.75) is 89.3 Å². The Labute approximate surface area is 265 Å². The molecule has 1 heterocycles. The molecular weight excluding hydrogens is 576 g/mol. The largest absolute Gasteiger partial charge is 0.467 e. The Bertz CT molecular complexity index is 1360. The molecular formula is C34H46N4O7. The van der Waals surface area contributed by atoms with E-state index >= 15 is 0 Å². The van der Waals surface area contributed by atoms with Gasteiger partial charge in [0.25, 0.3) is 0 Å². The molecule has 1 saturated heterocycles. The normalized spacial score (nSPS) is 16.4. The van der Waals surface area contributed by atoms with E-state index in [0.717, 1.165) is 16.8 Å². The number of nitrogens with one attached hydrogen (secondary N) is 2. The second-order valence-corrected chi connectivity index (χ2v) is 12.6. The maximum absolute atomic E-state index is 13.3. The summed E-state index contributed by atoms with van der Waals surface area (Å²) in [5, 5.41) is 5.73. The van der Waals surface area contributed by atoms with Crippen molar-refractivity contribution < 1.29 is 33.4 Å². The fourth-order valence-electron chi connectivity index (χ4n) is 5.31. The summed E-state index contributed by atoms with van der Waals surface area (Å²) in [7, 11) is 1.32. The monoisotopic (exact) mass is 622 g/mol. The molecule has 4 N–H and O–H groups in total. The van der Waals surface area contributed by atoms with Crippen molar-refractivity contribution in [3.8, 4) is 0 Å². The first-order valence-corrected chi connectivity index (χ1v) is 15.3. The Morgan fingerprint density at radius 2 is 1.51 bits per heavy atom. The topological polar surface area (TPSA) is 157 Å². The third-order valence-corrected chi connectivity index (χ3v) is 8.06. The summed E-state index contributed by atoms with van der Waals surface area (Å²) >= 11 is 0. The van der Waals surface area contributed by atoms with E-state index in [9.17, 15) is 24.0 Å². The number of hydrogen-bond acceptors (Lipinski definition) is 8. The molecule has 11 heteroatoms. The molecule has 3 rings (SSSR count). The van der Waals surface area contributed by atoms with Crippen molar-refractivity contribution in [2.24, 2.45) is 5.73 Å². The molecule has 2 unspecified atom stereocenters. The van der Waals surface area contributed by atoms with Crippen molar-refractivity contribution in [3.05, 3.63) is 65.7 Å². The molecule has 0 spiro atoms. The van der Waals surface area contributed by atoms with Crippen LogP contribution in [0.25, 0.3) is 0 Å². The lowest BCUT2D eigenvalue weighted by Crippen LogP contribution is -2.61. The van der Waals surface area contributed by atoms with Crippen LogP contribution in [0.2, 0.25) is 0 Å². The summed E-state index contributed by atoms with van der Waals surface area (Å²) in [6.07, 6.45) is 0.621. The van der Waals surface area contributed by atoms with Gasteiger partial charge in [0.05, 0.1) is 18.9 Å². The van der Waals surface area contributed by atoms with Crippen molar-refractivity contribution >= 4 is 35.3 Å². The minimum atomic E-state index is -1.16. The molecule has 2 aromatic carbocycles. The number of hydrogen-bond donors (Lipinski definition) is 3. The van der Waals surface area contributed by atoms with E-state index in [1.807, 2.05) is 54.6 Å². The van der Waals surface area contributed by atoms with Gasteiger partial charge in [-0.3, -0.25) is 14.4 Å². The maximum atomic E-state index is 13.3. The average Bonchev–Trinajstić information content (AvgIpc) is 3.01. The lowest BCUT2D eigenvalue weighted by Gasteiger charge is -2.41. The highest BCUT2D eigenvalue weighted by atomic mass is 16.6. The summed E-state index contributed by atoms with van der Waals surface area (Å²) in [6.45, 7) is 9.64. The molecule has 2 aromatic rings. The number of nitrogens with two attached hydrogens (primary N) is 1. The first kappa shape index (κ1) is 35.1. The Morgan fingerprint density at radius 1 is 0.911 bits per heavy atom. The third kappa shape index (κ3) is 9.54. The molecule has 11 nitrogen and oxygen atoms in total. The van der Waals surface area contributed by atoms with Crippen LogP contribution < -0.4 is 21.3 Å². The number of esters is 2. The van der Waals surface area contributed by atoms with Crippen LogP contribution >= 0.6 is 0 Å². The number of carbonyl (C=O) groups excluding carboxylic acids is 5. The molecule has 45 heavy (non-hydrogen) atoms. The predicted octanol–water partition coefficient (Wildman–Crippen LogP) is 3.31. The fourth-order valence-corrected chi connectivity index (χ4v) is 5.31. The van der Waals surface area contributed by atoms with Crippen LogP contribution in [0.1, 0.15) is 83.3 Å². The quantitative estimate of drug-likeness (QED) is 0.304. The van der Waals surface area contributed by atoms with Crippen LogP contribution in [0.4, 0.5) is 5.69 Å². The highest BCUT2D eigenvalue weighted by molar-refractivity contribution is 5.91. The summed E-state index contributed by atoms with van der Waals surface area (Å²) in [6, 6.07) is 15.9. The van der Waals surface area contributed by atoms with Gasteiger partial charge in [0.2, 0.25) is 17.7 Å². The van der Waals surface area contributed by atoms with Gasteiger partial charge in [0.1, 0.15) is 17.2 Å². The van der Waals surface area contributed by atoms with Gasteiger partial charge in [-0.25, -0.2) is 9.59 Å². The zero-order chi connectivity index (χ0) is 33.4. The van der Waals surface area contributed by atoms with Crippen molar-refractivity contribution in [3.63, 3.8) is 0 Å². The van der Waals surface area contributed by atoms with Gasteiger partial charge >= 0.3 is 11.9 Å². The SMILES string of the molecule is COC(=O)C1(NC(=O)C(C)c2ccccc2)CCN(c2cccc(C(C)C(=O)N[C@@H](CCC(N)=O)C(=O)OC(C)(C)C)c2)CC1. The van der Waals surface area contributed by atoms with Gasteiger partial charge in [-0.2, -0.15) is 0 Å². The Morgan fingerprint density at radius 3 is 2.09 bits per heavy atom. The van der Waals surface area contributed by atoms with Gasteiger partial charge in [0, 0.05) is 25.2 Å². The molecule has 1 aliphatic heterocycles. The number of rotatable bonds is 12. The Hall–Kier alpha value is -4.41. The molecule has 0 saturated carbocycles. The molecule has 0 aliphatic carbocycles. The van der Waals surface area contributed by atoms with Crippen molar-refractivity contribution in [1.82, 2.24) is 10.6 Å². The lowest BCUT2D eigenvalue weighted by molar-refractivity contribution is -0.159. The predicted molar refractivity (Wildman–Crippen MR) is 170 cm³/mol. The highest BCUT2D eigenvalue weighted by Gasteiger charge is 2.44. The first-order valence-electron chi connectivity index (χ1n) is 15.3. The van der Waals surface area contributed by atoms with E-state index in [1.165, 1.54) is 7.11 Å². The Kier molecular flexibility index (Phi) is 11.7. The maximum Gasteiger partial charge on any atom is 0.331 e. The van der Waals surface area contributed by atoms with Crippen LogP contribution in [0.5, 0.6) is 0 Å². The van der Waals surface area contributed by atoms with Gasteiger partial charge in [-0.15, -0.1) is 0 Å². The van der Waals surface area contributed by atoms with Gasteiger partial charge < -0.3 is 30.7 Å². The Balaban J connectivity index is 1.71. The lowest BCUT2D eigenvalue weighted by atomic mass is 9.85. The summed E-state index contributed by atoms with van der Waals surface area (Å²) in [4.78, 5) is 65.7. The second-order valence-electron chi connectivity index (χ2n) is 12.6. The number of amides is 3. The van der Waals surface area contributed by atoms with E-state index in [0.29, 0.717) is 25.9 Å². The number of ether oxygens (including phenoxy) is 2. The van der Waals surface area contributed by atoms with E-state index in [2.05, 4.69) is 15.5 Å². The third-order valence-electron chi connectivity index (χ3n) is 8.06. The fraction of sp³-hybridized carbons (Fsp3) is 0.500. The highest BCUT2D eigenvalue weighted by Crippen LogP contribution is 2.31. The van der Waals surface area contributed by atoms with Crippen LogP contribution in [0, 0.1) is 0 Å². The number of carbonyl (C=O) groups is 5. The molecule has 3 atom stereocenters. The number of nitrogens with zero attached hydrogens (tertiary/aromatic N) is 1. The average molecular weight is 623 g/mol. The minimum absolute atomic E-state index is 0.0269. The molecule has 0 aromatic heterocycles. The van der Waals surface area contributed by atoms with Gasteiger partial charge in [-0.05, 0) is 77.1 Å². The van der Waals surface area contributed by atoms with Gasteiger partial charge in [0.15, 0.2) is 0 Å². The first-order chi connectivity index (χ1) is 21.2. The summed E-state index contributed by atoms with van der Waals surface area (Å²) in [5.41, 5.74) is 5.79. The molecule has 1 aliphatic rings. The van der Waals surface area contributed by atoms with E-state index in [1.54, 1.807) is 34.6 Å². The standard InChI is InChI=1S/C34H46N4O7/c1-22(24-11-8-7-9-12-24)30(41)37-34(32(43)44-6)17-19-38(20-18-34)26-14-10-13-25(21-26)23(2)29(40)36-27(15-16-28(35)39)31(42)45-33(3,4)5/h7-14,21-23,27H,15-20H2,1-6H3,(H2,35,39)(H,36,40)(H,37,41)/t22?,23?,27-/m0/s1. The molecule has 3 amide bonds. The summed E-state index contributed by atoms with van der Waals surface area (Å²) in [5.74, 6) is -3.41. The van der Waals surface area contributed by atoms with Crippen LogP contribution in [0.3, 0.4) is 0 Å². The molecule has 0 radical (unpaired) electrons. The number of methoxy groups -OCH3 is 1. The molecule has 244 valence electrons. The van der Waals surface area contributed by atoms with Crippen molar-refractivity contribution in [1.29, 1.82) is 0 Å². The van der Waals surface area contributed by atoms with Crippen molar-refractivity contribution in [2.75, 3.05) is 25.1 Å². The second kappa shape index (κ2) is 15.0. The molecule has 0 bridgehead atoms. The van der Waals surface area contributed by atoms with Crippen LogP contribution in [-0.2, 0) is 33.4 Å². The van der Waals surface area contributed by atoms with Crippen LogP contribution in [-0.4, -0.2) is 67.0 Å². The van der Waals surface area contributed by atoms with Crippen LogP contribution in [0.15, 0.2) is 54.6 Å². The number of anilines is 1. The molecule has 1 fully saturated rings.